The lowest BCUT2D eigenvalue weighted by molar-refractivity contribution is 0.295. The number of benzene rings is 1. The summed E-state index contributed by atoms with van der Waals surface area (Å²) in [7, 11) is 1.66. The van der Waals surface area contributed by atoms with Gasteiger partial charge in [0.2, 0.25) is 0 Å². The van der Waals surface area contributed by atoms with Crippen LogP contribution in [0.4, 0.5) is 0 Å². The van der Waals surface area contributed by atoms with Gasteiger partial charge in [-0.2, -0.15) is 11.8 Å². The zero-order chi connectivity index (χ0) is 10.2. The molecule has 0 radical (unpaired) electrons. The van der Waals surface area contributed by atoms with Gasteiger partial charge in [-0.05, 0) is 30.6 Å². The van der Waals surface area contributed by atoms with Crippen LogP contribution in [0.2, 0.25) is 0 Å². The predicted molar refractivity (Wildman–Crippen MR) is 61.5 cm³/mol. The van der Waals surface area contributed by atoms with E-state index in [0.717, 1.165) is 30.3 Å². The van der Waals surface area contributed by atoms with Gasteiger partial charge in [-0.25, -0.2) is 0 Å². The summed E-state index contributed by atoms with van der Waals surface area (Å²) >= 11 is 1.84. The fourth-order valence-corrected chi connectivity index (χ4v) is 1.53. The first kappa shape index (κ1) is 11.2. The third kappa shape index (κ3) is 3.50. The molecule has 1 rings (SSSR count). The number of hydrogen-bond acceptors (Lipinski definition) is 3. The normalized spacial score (nSPS) is 9.86. The van der Waals surface area contributed by atoms with Gasteiger partial charge in [-0.3, -0.25) is 0 Å². The summed E-state index contributed by atoms with van der Waals surface area (Å²) in [6.45, 7) is 0.751. The highest BCUT2D eigenvalue weighted by atomic mass is 32.2. The van der Waals surface area contributed by atoms with Crippen LogP contribution in [0.1, 0.15) is 6.42 Å². The maximum absolute atomic E-state index is 5.59. The van der Waals surface area contributed by atoms with E-state index in [1.165, 1.54) is 0 Å². The molecule has 3 heteroatoms. The van der Waals surface area contributed by atoms with Crippen molar-refractivity contribution in [3.05, 3.63) is 24.3 Å². The van der Waals surface area contributed by atoms with Gasteiger partial charge in [0.25, 0.3) is 0 Å². The minimum absolute atomic E-state index is 0.751. The number of rotatable bonds is 6. The van der Waals surface area contributed by atoms with Crippen LogP contribution in [0.3, 0.4) is 0 Å². The summed E-state index contributed by atoms with van der Waals surface area (Å²) in [5.74, 6) is 2.77. The van der Waals surface area contributed by atoms with Crippen molar-refractivity contribution in [1.29, 1.82) is 0 Å². The predicted octanol–water partition coefficient (Wildman–Crippen LogP) is 2.83. The summed E-state index contributed by atoms with van der Waals surface area (Å²) in [4.78, 5) is 0. The summed E-state index contributed by atoms with van der Waals surface area (Å²) < 4.78 is 10.8. The summed E-state index contributed by atoms with van der Waals surface area (Å²) in [6, 6.07) is 7.72. The van der Waals surface area contributed by atoms with Gasteiger partial charge < -0.3 is 9.47 Å². The van der Waals surface area contributed by atoms with E-state index in [1.54, 1.807) is 7.11 Å². The lowest BCUT2D eigenvalue weighted by atomic mass is 10.3. The maximum Gasteiger partial charge on any atom is 0.161 e. The van der Waals surface area contributed by atoms with Crippen molar-refractivity contribution in [2.75, 3.05) is 25.7 Å². The first-order valence-electron chi connectivity index (χ1n) is 4.63. The van der Waals surface area contributed by atoms with Gasteiger partial charge >= 0.3 is 0 Å². The molecule has 0 aromatic heterocycles. The van der Waals surface area contributed by atoms with Crippen LogP contribution >= 0.6 is 11.8 Å². The van der Waals surface area contributed by atoms with Crippen molar-refractivity contribution < 1.29 is 9.47 Å². The lowest BCUT2D eigenvalue weighted by Gasteiger charge is -2.09. The average Bonchev–Trinajstić information content (AvgIpc) is 2.25. The van der Waals surface area contributed by atoms with Crippen molar-refractivity contribution >= 4 is 11.8 Å². The molecule has 1 aromatic rings. The molecule has 78 valence electrons. The molecule has 0 unspecified atom stereocenters. The number of hydrogen-bond donors (Lipinski definition) is 0. The highest BCUT2D eigenvalue weighted by Crippen LogP contribution is 2.25. The van der Waals surface area contributed by atoms with E-state index in [9.17, 15) is 0 Å². The van der Waals surface area contributed by atoms with Crippen LogP contribution in [0.5, 0.6) is 11.5 Å². The Morgan fingerprint density at radius 2 is 1.93 bits per heavy atom. The second kappa shape index (κ2) is 6.60. The van der Waals surface area contributed by atoms with Crippen molar-refractivity contribution in [2.24, 2.45) is 0 Å². The molecule has 0 heterocycles. The minimum Gasteiger partial charge on any atom is -0.493 e. The van der Waals surface area contributed by atoms with Crippen LogP contribution in [0.15, 0.2) is 24.3 Å². The molecular formula is C11H16O2S. The highest BCUT2D eigenvalue weighted by molar-refractivity contribution is 7.98. The third-order valence-corrected chi connectivity index (χ3v) is 2.52. The van der Waals surface area contributed by atoms with E-state index in [0.29, 0.717) is 0 Å². The lowest BCUT2D eigenvalue weighted by Crippen LogP contribution is -2.00. The first-order chi connectivity index (χ1) is 6.88. The number of thioether (sulfide) groups is 1. The molecular weight excluding hydrogens is 196 g/mol. The number of para-hydroxylation sites is 2. The van der Waals surface area contributed by atoms with Crippen molar-refractivity contribution in [1.82, 2.24) is 0 Å². The van der Waals surface area contributed by atoms with Crippen LogP contribution in [-0.2, 0) is 0 Å². The monoisotopic (exact) mass is 212 g/mol. The molecule has 0 spiro atoms. The quantitative estimate of drug-likeness (QED) is 0.676. The maximum atomic E-state index is 5.59. The SMILES string of the molecule is COc1ccccc1OCCCSC. The van der Waals surface area contributed by atoms with E-state index in [4.69, 9.17) is 9.47 Å². The van der Waals surface area contributed by atoms with E-state index in [1.807, 2.05) is 36.0 Å². The van der Waals surface area contributed by atoms with E-state index in [-0.39, 0.29) is 0 Å². The highest BCUT2D eigenvalue weighted by Gasteiger charge is 2.00. The largest absolute Gasteiger partial charge is 0.493 e. The van der Waals surface area contributed by atoms with E-state index in [2.05, 4.69) is 6.26 Å². The Morgan fingerprint density at radius 3 is 2.57 bits per heavy atom. The Labute approximate surface area is 89.6 Å². The Balaban J connectivity index is 2.41. The molecule has 0 saturated heterocycles. The zero-order valence-electron chi connectivity index (χ0n) is 8.66. The summed E-state index contributed by atoms with van der Waals surface area (Å²) in [6.07, 6.45) is 3.17. The molecule has 0 amide bonds. The molecule has 0 aliphatic carbocycles. The van der Waals surface area contributed by atoms with Gasteiger partial charge in [0.1, 0.15) is 0 Å². The van der Waals surface area contributed by atoms with E-state index >= 15 is 0 Å². The Kier molecular flexibility index (Phi) is 5.30. The van der Waals surface area contributed by atoms with Crippen molar-refractivity contribution in [2.45, 2.75) is 6.42 Å². The Hall–Kier alpha value is -0.830. The molecule has 1 aromatic carbocycles. The van der Waals surface area contributed by atoms with E-state index < -0.39 is 0 Å². The average molecular weight is 212 g/mol. The van der Waals surface area contributed by atoms with Crippen molar-refractivity contribution in [3.8, 4) is 11.5 Å². The third-order valence-electron chi connectivity index (χ3n) is 1.82. The molecule has 0 bridgehead atoms. The van der Waals surface area contributed by atoms with Crippen molar-refractivity contribution in [3.63, 3.8) is 0 Å². The molecule has 0 N–H and O–H groups in total. The number of ether oxygens (including phenoxy) is 2. The first-order valence-corrected chi connectivity index (χ1v) is 6.02. The smallest absolute Gasteiger partial charge is 0.161 e. The Bertz CT molecular complexity index is 263. The molecule has 0 aliphatic heterocycles. The molecule has 0 atom stereocenters. The standard InChI is InChI=1S/C11H16O2S/c1-12-10-6-3-4-7-11(10)13-8-5-9-14-2/h3-4,6-7H,5,8-9H2,1-2H3. The fraction of sp³-hybridized carbons (Fsp3) is 0.455. The summed E-state index contributed by atoms with van der Waals surface area (Å²) in [5, 5.41) is 0. The van der Waals surface area contributed by atoms with Gasteiger partial charge in [-0.15, -0.1) is 0 Å². The molecule has 14 heavy (non-hydrogen) atoms. The molecule has 0 saturated carbocycles. The van der Waals surface area contributed by atoms with Crippen LogP contribution in [0, 0.1) is 0 Å². The fourth-order valence-electron chi connectivity index (χ4n) is 1.12. The van der Waals surface area contributed by atoms with Crippen LogP contribution < -0.4 is 9.47 Å². The second-order valence-corrected chi connectivity index (χ2v) is 3.83. The van der Waals surface area contributed by atoms with Gasteiger partial charge in [0, 0.05) is 0 Å². The Morgan fingerprint density at radius 1 is 1.21 bits per heavy atom. The molecule has 0 aliphatic rings. The van der Waals surface area contributed by atoms with Gasteiger partial charge in [-0.1, -0.05) is 12.1 Å². The minimum atomic E-state index is 0.751. The summed E-state index contributed by atoms with van der Waals surface area (Å²) in [5.41, 5.74) is 0. The van der Waals surface area contributed by atoms with Crippen LogP contribution in [0.25, 0.3) is 0 Å². The topological polar surface area (TPSA) is 18.5 Å². The van der Waals surface area contributed by atoms with Gasteiger partial charge in [0.15, 0.2) is 11.5 Å². The van der Waals surface area contributed by atoms with Crippen LogP contribution in [-0.4, -0.2) is 25.7 Å². The molecule has 2 nitrogen and oxygen atoms in total. The molecule has 0 fully saturated rings. The number of methoxy groups -OCH3 is 1. The second-order valence-electron chi connectivity index (χ2n) is 2.85. The van der Waals surface area contributed by atoms with Gasteiger partial charge in [0.05, 0.1) is 13.7 Å². The zero-order valence-corrected chi connectivity index (χ0v) is 9.47.